The van der Waals surface area contributed by atoms with Crippen molar-refractivity contribution in [1.29, 1.82) is 0 Å². The molecule has 0 atom stereocenters. The van der Waals surface area contributed by atoms with Crippen molar-refractivity contribution in [3.8, 4) is 17.1 Å². The van der Waals surface area contributed by atoms with Crippen molar-refractivity contribution >= 4 is 11.0 Å². The Labute approximate surface area is 166 Å². The third kappa shape index (κ3) is 3.14. The average Bonchev–Trinajstić information content (AvgIpc) is 3.38. The van der Waals surface area contributed by atoms with Crippen LogP contribution in [0.25, 0.3) is 28.1 Å². The lowest BCUT2D eigenvalue weighted by Gasteiger charge is -2.10. The van der Waals surface area contributed by atoms with Crippen molar-refractivity contribution < 1.29 is 9.60 Å². The van der Waals surface area contributed by atoms with Crippen LogP contribution in [-0.2, 0) is 6.42 Å². The predicted molar refractivity (Wildman–Crippen MR) is 109 cm³/mol. The number of imidazole rings is 2. The smallest absolute Gasteiger partial charge is 0.176 e. The number of hydrogen-bond acceptors (Lipinski definition) is 3. The van der Waals surface area contributed by atoms with Crippen LogP contribution in [0.15, 0.2) is 85.5 Å². The summed E-state index contributed by atoms with van der Waals surface area (Å²) >= 11 is 0. The van der Waals surface area contributed by atoms with Crippen molar-refractivity contribution in [2.45, 2.75) is 6.42 Å². The first-order valence-electron chi connectivity index (χ1n) is 9.22. The lowest BCUT2D eigenvalue weighted by Crippen LogP contribution is -1.99. The molecule has 0 radical (unpaired) electrons. The number of aromatic nitrogens is 4. The normalized spacial score (nSPS) is 11.2. The molecule has 0 spiro atoms. The molecule has 0 aliphatic carbocycles. The van der Waals surface area contributed by atoms with Gasteiger partial charge in [-0.25, -0.2) is 14.4 Å². The van der Waals surface area contributed by atoms with E-state index in [0.717, 1.165) is 21.5 Å². The molecule has 3 aromatic carbocycles. The maximum atomic E-state index is 13.2. The summed E-state index contributed by atoms with van der Waals surface area (Å²) < 4.78 is 16.3. The molecule has 0 aliphatic rings. The summed E-state index contributed by atoms with van der Waals surface area (Å²) in [5.41, 5.74) is 5.20. The molecule has 0 fully saturated rings. The summed E-state index contributed by atoms with van der Waals surface area (Å²) in [5.74, 6) is 0.0594. The number of benzene rings is 3. The van der Waals surface area contributed by atoms with Gasteiger partial charge in [0.1, 0.15) is 11.3 Å². The Hall–Kier alpha value is -3.93. The molecule has 1 N–H and O–H groups in total. The highest BCUT2D eigenvalue weighted by Gasteiger charge is 2.13. The van der Waals surface area contributed by atoms with Gasteiger partial charge in [-0.05, 0) is 60.0 Å². The van der Waals surface area contributed by atoms with E-state index in [1.807, 2.05) is 41.1 Å². The maximum Gasteiger partial charge on any atom is 0.176 e. The van der Waals surface area contributed by atoms with Crippen LogP contribution in [0.3, 0.4) is 0 Å². The molecule has 0 aliphatic heterocycles. The summed E-state index contributed by atoms with van der Waals surface area (Å²) in [6, 6.07) is 19.9. The lowest BCUT2D eigenvalue weighted by atomic mass is 10.0. The average molecular weight is 384 g/mol. The SMILES string of the molecule is On1c(-c2ccc(F)cc2)nc2ccc(Cc3ccccc3-n3ccnc3)cc21. The van der Waals surface area contributed by atoms with Gasteiger partial charge in [0.2, 0.25) is 0 Å². The molecule has 5 aromatic rings. The summed E-state index contributed by atoms with van der Waals surface area (Å²) in [4.78, 5) is 8.63. The number of rotatable bonds is 4. The first kappa shape index (κ1) is 17.2. The van der Waals surface area contributed by atoms with E-state index >= 15 is 0 Å². The van der Waals surface area contributed by atoms with Crippen LogP contribution in [0.4, 0.5) is 4.39 Å². The van der Waals surface area contributed by atoms with Crippen molar-refractivity contribution in [2.75, 3.05) is 0 Å². The zero-order valence-electron chi connectivity index (χ0n) is 15.4. The van der Waals surface area contributed by atoms with E-state index in [1.54, 1.807) is 24.7 Å². The van der Waals surface area contributed by atoms with E-state index in [9.17, 15) is 9.60 Å². The number of halogens is 1. The van der Waals surface area contributed by atoms with Crippen molar-refractivity contribution in [3.63, 3.8) is 0 Å². The molecule has 5 rings (SSSR count). The molecule has 6 heteroatoms. The Morgan fingerprint density at radius 3 is 2.59 bits per heavy atom. The topological polar surface area (TPSA) is 55.9 Å². The van der Waals surface area contributed by atoms with Gasteiger partial charge >= 0.3 is 0 Å². The van der Waals surface area contributed by atoms with E-state index in [-0.39, 0.29) is 5.82 Å². The fraction of sp³-hybridized carbons (Fsp3) is 0.0435. The summed E-state index contributed by atoms with van der Waals surface area (Å²) in [7, 11) is 0. The number of nitrogens with zero attached hydrogens (tertiary/aromatic N) is 4. The molecule has 2 aromatic heterocycles. The van der Waals surface area contributed by atoms with Gasteiger partial charge in [0, 0.05) is 23.6 Å². The Morgan fingerprint density at radius 1 is 0.966 bits per heavy atom. The maximum absolute atomic E-state index is 13.2. The van der Waals surface area contributed by atoms with Gasteiger partial charge in [0.05, 0.1) is 11.8 Å². The summed E-state index contributed by atoms with van der Waals surface area (Å²) in [6.07, 6.45) is 6.14. The van der Waals surface area contributed by atoms with Crippen LogP contribution >= 0.6 is 0 Å². The molecule has 142 valence electrons. The number of hydrogen-bond donors (Lipinski definition) is 1. The van der Waals surface area contributed by atoms with E-state index < -0.39 is 0 Å². The van der Waals surface area contributed by atoms with Gasteiger partial charge in [-0.1, -0.05) is 24.3 Å². The Kier molecular flexibility index (Phi) is 4.09. The molecular weight excluding hydrogens is 367 g/mol. The van der Waals surface area contributed by atoms with Crippen molar-refractivity contribution in [1.82, 2.24) is 19.3 Å². The molecular formula is C23H17FN4O. The third-order valence-corrected chi connectivity index (χ3v) is 4.97. The van der Waals surface area contributed by atoms with Crippen molar-refractivity contribution in [3.05, 3.63) is 102 Å². The van der Waals surface area contributed by atoms with Gasteiger partial charge < -0.3 is 9.77 Å². The fourth-order valence-corrected chi connectivity index (χ4v) is 3.54. The highest BCUT2D eigenvalue weighted by molar-refractivity contribution is 5.81. The quantitative estimate of drug-likeness (QED) is 0.451. The largest absolute Gasteiger partial charge is 0.426 e. The monoisotopic (exact) mass is 384 g/mol. The zero-order chi connectivity index (χ0) is 19.8. The van der Waals surface area contributed by atoms with Crippen LogP contribution in [0.1, 0.15) is 11.1 Å². The van der Waals surface area contributed by atoms with Gasteiger partial charge in [-0.15, -0.1) is 0 Å². The molecule has 0 amide bonds. The Bertz CT molecular complexity index is 1290. The Balaban J connectivity index is 1.53. The minimum absolute atomic E-state index is 0.326. The zero-order valence-corrected chi connectivity index (χ0v) is 15.4. The van der Waals surface area contributed by atoms with Crippen LogP contribution in [0.2, 0.25) is 0 Å². The fourth-order valence-electron chi connectivity index (χ4n) is 3.54. The number of para-hydroxylation sites is 1. The van der Waals surface area contributed by atoms with Crippen molar-refractivity contribution in [2.24, 2.45) is 0 Å². The second kappa shape index (κ2) is 6.91. The first-order valence-corrected chi connectivity index (χ1v) is 9.22. The third-order valence-electron chi connectivity index (χ3n) is 4.97. The molecule has 0 saturated heterocycles. The first-order chi connectivity index (χ1) is 14.2. The standard InChI is InChI=1S/C23H17FN4O/c24-19-8-6-17(7-9-19)23-26-20-10-5-16(14-22(20)28(23)29)13-18-3-1-2-4-21(18)27-12-11-25-15-27/h1-12,14-15,29H,13H2. The van der Waals surface area contributed by atoms with E-state index in [4.69, 9.17) is 0 Å². The number of fused-ring (bicyclic) bond motifs is 1. The van der Waals surface area contributed by atoms with E-state index in [1.165, 1.54) is 12.1 Å². The van der Waals surface area contributed by atoms with Gasteiger partial charge in [0.25, 0.3) is 0 Å². The second-order valence-corrected chi connectivity index (χ2v) is 6.85. The molecule has 0 saturated carbocycles. The molecule has 0 unspecified atom stereocenters. The molecule has 29 heavy (non-hydrogen) atoms. The molecule has 5 nitrogen and oxygen atoms in total. The minimum atomic E-state index is -0.326. The van der Waals surface area contributed by atoms with Gasteiger partial charge in [-0.2, -0.15) is 4.73 Å². The van der Waals surface area contributed by atoms with Crippen LogP contribution in [0.5, 0.6) is 0 Å². The van der Waals surface area contributed by atoms with E-state index in [2.05, 4.69) is 22.1 Å². The minimum Gasteiger partial charge on any atom is -0.426 e. The van der Waals surface area contributed by atoms with Crippen LogP contribution in [0, 0.1) is 5.82 Å². The highest BCUT2D eigenvalue weighted by atomic mass is 19.1. The summed E-state index contributed by atoms with van der Waals surface area (Å²) in [6.45, 7) is 0. The second-order valence-electron chi connectivity index (χ2n) is 6.85. The molecule has 2 heterocycles. The Morgan fingerprint density at radius 2 is 1.79 bits per heavy atom. The van der Waals surface area contributed by atoms with Crippen LogP contribution < -0.4 is 0 Å². The van der Waals surface area contributed by atoms with Crippen LogP contribution in [-0.4, -0.2) is 24.5 Å². The molecule has 0 bridgehead atoms. The van der Waals surface area contributed by atoms with Gasteiger partial charge in [0.15, 0.2) is 5.82 Å². The lowest BCUT2D eigenvalue weighted by molar-refractivity contribution is 0.203. The van der Waals surface area contributed by atoms with Gasteiger partial charge in [-0.3, -0.25) is 0 Å². The van der Waals surface area contributed by atoms with E-state index in [0.29, 0.717) is 28.8 Å². The predicted octanol–water partition coefficient (Wildman–Crippen LogP) is 4.86. The highest BCUT2D eigenvalue weighted by Crippen LogP contribution is 2.26. The summed E-state index contributed by atoms with van der Waals surface area (Å²) in [5, 5.41) is 10.7.